The second kappa shape index (κ2) is 5.59. The Labute approximate surface area is 111 Å². The smallest absolute Gasteiger partial charge is 0.253 e. The van der Waals surface area contributed by atoms with Crippen LogP contribution in [0.15, 0.2) is 18.2 Å². The number of nitrogens with one attached hydrogen (secondary N) is 1. The van der Waals surface area contributed by atoms with Crippen molar-refractivity contribution >= 4 is 23.2 Å². The van der Waals surface area contributed by atoms with Crippen LogP contribution in [0.2, 0.25) is 5.02 Å². The molecule has 0 spiro atoms. The average molecular weight is 269 g/mol. The van der Waals surface area contributed by atoms with E-state index in [1.807, 2.05) is 0 Å². The van der Waals surface area contributed by atoms with Crippen molar-refractivity contribution in [1.82, 2.24) is 5.32 Å². The monoisotopic (exact) mass is 268 g/mol. The Morgan fingerprint density at radius 2 is 2.28 bits per heavy atom. The maximum Gasteiger partial charge on any atom is 0.253 e. The summed E-state index contributed by atoms with van der Waals surface area (Å²) in [7, 11) is 0. The minimum absolute atomic E-state index is 0.0278. The van der Waals surface area contributed by atoms with E-state index < -0.39 is 0 Å². The third-order valence-electron chi connectivity index (χ3n) is 3.45. The molecular formula is C13H17ClN2O2. The summed E-state index contributed by atoms with van der Waals surface area (Å²) in [4.78, 5) is 12.1. The zero-order valence-corrected chi connectivity index (χ0v) is 10.8. The van der Waals surface area contributed by atoms with Gasteiger partial charge in [-0.1, -0.05) is 18.0 Å². The predicted molar refractivity (Wildman–Crippen MR) is 71.5 cm³/mol. The van der Waals surface area contributed by atoms with Crippen molar-refractivity contribution in [3.05, 3.63) is 28.8 Å². The molecule has 18 heavy (non-hydrogen) atoms. The minimum atomic E-state index is -0.224. The van der Waals surface area contributed by atoms with Gasteiger partial charge in [0.25, 0.3) is 5.91 Å². The largest absolute Gasteiger partial charge is 0.399 e. The van der Waals surface area contributed by atoms with E-state index in [1.165, 1.54) is 0 Å². The van der Waals surface area contributed by atoms with Crippen LogP contribution in [0.1, 0.15) is 29.6 Å². The number of aliphatic hydroxyl groups excluding tert-OH is 1. The van der Waals surface area contributed by atoms with Gasteiger partial charge in [0.05, 0.1) is 10.6 Å². The maximum atomic E-state index is 12.1. The second-order valence-corrected chi connectivity index (χ2v) is 5.10. The molecule has 4 N–H and O–H groups in total. The van der Waals surface area contributed by atoms with Gasteiger partial charge in [0.2, 0.25) is 0 Å². The molecule has 2 atom stereocenters. The number of rotatable bonds is 3. The molecule has 2 unspecified atom stereocenters. The van der Waals surface area contributed by atoms with Crippen LogP contribution in [-0.4, -0.2) is 23.7 Å². The molecule has 0 heterocycles. The van der Waals surface area contributed by atoms with Crippen molar-refractivity contribution < 1.29 is 9.90 Å². The molecule has 1 aliphatic carbocycles. The van der Waals surface area contributed by atoms with E-state index in [2.05, 4.69) is 5.32 Å². The van der Waals surface area contributed by atoms with Gasteiger partial charge < -0.3 is 16.2 Å². The summed E-state index contributed by atoms with van der Waals surface area (Å²) < 4.78 is 0. The molecular weight excluding hydrogens is 252 g/mol. The van der Waals surface area contributed by atoms with Crippen molar-refractivity contribution in [2.24, 2.45) is 5.92 Å². The lowest BCUT2D eigenvalue weighted by atomic mass is 10.0. The summed E-state index contributed by atoms with van der Waals surface area (Å²) in [6.07, 6.45) is 2.88. The number of benzene rings is 1. The minimum Gasteiger partial charge on any atom is -0.399 e. The van der Waals surface area contributed by atoms with Gasteiger partial charge in [-0.25, -0.2) is 0 Å². The molecule has 2 rings (SSSR count). The highest BCUT2D eigenvalue weighted by atomic mass is 35.5. The number of nitrogen functional groups attached to an aromatic ring is 1. The third-order valence-corrected chi connectivity index (χ3v) is 3.77. The number of carbonyl (C=O) groups is 1. The molecule has 1 aromatic rings. The number of aliphatic hydroxyl groups is 1. The van der Waals surface area contributed by atoms with Crippen LogP contribution in [-0.2, 0) is 0 Å². The Kier molecular flexibility index (Phi) is 4.09. The molecule has 0 aliphatic heterocycles. The predicted octanol–water partition coefficient (Wildman–Crippen LogP) is 1.81. The lowest BCUT2D eigenvalue weighted by Crippen LogP contribution is -2.38. The SMILES string of the molecule is Nc1ccc(Cl)c(C(=O)NC2CCCC2CO)c1. The molecule has 1 aromatic carbocycles. The van der Waals surface area contributed by atoms with E-state index >= 15 is 0 Å². The summed E-state index contributed by atoms with van der Waals surface area (Å²) in [5, 5.41) is 12.5. The lowest BCUT2D eigenvalue weighted by Gasteiger charge is -2.19. The number of hydrogen-bond donors (Lipinski definition) is 3. The molecule has 0 saturated heterocycles. The molecule has 0 radical (unpaired) electrons. The number of hydrogen-bond acceptors (Lipinski definition) is 3. The highest BCUT2D eigenvalue weighted by Gasteiger charge is 2.28. The molecule has 0 aromatic heterocycles. The molecule has 5 heteroatoms. The molecule has 4 nitrogen and oxygen atoms in total. The number of nitrogens with two attached hydrogens (primary N) is 1. The quantitative estimate of drug-likeness (QED) is 0.732. The zero-order chi connectivity index (χ0) is 13.1. The van der Waals surface area contributed by atoms with Gasteiger partial charge in [-0.05, 0) is 31.0 Å². The summed E-state index contributed by atoms with van der Waals surface area (Å²) in [5.41, 5.74) is 6.55. The van der Waals surface area contributed by atoms with Crippen LogP contribution >= 0.6 is 11.6 Å². The van der Waals surface area contributed by atoms with Gasteiger partial charge >= 0.3 is 0 Å². The fourth-order valence-corrected chi connectivity index (χ4v) is 2.61. The van der Waals surface area contributed by atoms with E-state index in [9.17, 15) is 9.90 Å². The molecule has 1 aliphatic rings. The van der Waals surface area contributed by atoms with Crippen LogP contribution in [0, 0.1) is 5.92 Å². The van der Waals surface area contributed by atoms with Gasteiger partial charge in [0, 0.05) is 24.3 Å². The van der Waals surface area contributed by atoms with Crippen molar-refractivity contribution in [3.63, 3.8) is 0 Å². The number of carbonyl (C=O) groups excluding carboxylic acids is 1. The van der Waals surface area contributed by atoms with E-state index in [0.717, 1.165) is 19.3 Å². The first-order valence-electron chi connectivity index (χ1n) is 6.08. The molecule has 0 bridgehead atoms. The fraction of sp³-hybridized carbons (Fsp3) is 0.462. The summed E-state index contributed by atoms with van der Waals surface area (Å²) in [6, 6.07) is 4.87. The zero-order valence-electron chi connectivity index (χ0n) is 10.0. The third kappa shape index (κ3) is 2.76. The van der Waals surface area contributed by atoms with Crippen molar-refractivity contribution in [2.75, 3.05) is 12.3 Å². The summed E-state index contributed by atoms with van der Waals surface area (Å²) >= 11 is 5.98. The first-order chi connectivity index (χ1) is 8.61. The van der Waals surface area contributed by atoms with Crippen LogP contribution in [0.4, 0.5) is 5.69 Å². The topological polar surface area (TPSA) is 75.4 Å². The first kappa shape index (κ1) is 13.2. The summed E-state index contributed by atoms with van der Waals surface area (Å²) in [6.45, 7) is 0.107. The number of amides is 1. The van der Waals surface area contributed by atoms with Crippen molar-refractivity contribution in [3.8, 4) is 0 Å². The number of halogens is 1. The second-order valence-electron chi connectivity index (χ2n) is 4.69. The van der Waals surface area contributed by atoms with Gasteiger partial charge in [-0.15, -0.1) is 0 Å². The lowest BCUT2D eigenvalue weighted by molar-refractivity contribution is 0.0916. The molecule has 1 saturated carbocycles. The van der Waals surface area contributed by atoms with Gasteiger partial charge in [-0.2, -0.15) is 0 Å². The fourth-order valence-electron chi connectivity index (χ4n) is 2.41. The van der Waals surface area contributed by atoms with Gasteiger partial charge in [0.1, 0.15) is 0 Å². The first-order valence-corrected chi connectivity index (χ1v) is 6.46. The van der Waals surface area contributed by atoms with E-state index in [0.29, 0.717) is 16.3 Å². The highest BCUT2D eigenvalue weighted by Crippen LogP contribution is 2.26. The normalized spacial score (nSPS) is 23.0. The average Bonchev–Trinajstić information content (AvgIpc) is 2.79. The van der Waals surface area contributed by atoms with Gasteiger partial charge in [-0.3, -0.25) is 4.79 Å². The molecule has 1 amide bonds. The Bertz CT molecular complexity index is 451. The molecule has 98 valence electrons. The molecule has 1 fully saturated rings. The Morgan fingerprint density at radius 3 is 3.00 bits per heavy atom. The number of anilines is 1. The van der Waals surface area contributed by atoms with E-state index in [1.54, 1.807) is 18.2 Å². The van der Waals surface area contributed by atoms with E-state index in [4.69, 9.17) is 17.3 Å². The van der Waals surface area contributed by atoms with E-state index in [-0.39, 0.29) is 24.5 Å². The van der Waals surface area contributed by atoms with Gasteiger partial charge in [0.15, 0.2) is 0 Å². The Hall–Kier alpha value is -1.26. The van der Waals surface area contributed by atoms with Crippen LogP contribution in [0.5, 0.6) is 0 Å². The van der Waals surface area contributed by atoms with Crippen LogP contribution in [0.25, 0.3) is 0 Å². The van der Waals surface area contributed by atoms with Crippen molar-refractivity contribution in [1.29, 1.82) is 0 Å². The Balaban J connectivity index is 2.09. The van der Waals surface area contributed by atoms with Crippen molar-refractivity contribution in [2.45, 2.75) is 25.3 Å². The van der Waals surface area contributed by atoms with Crippen LogP contribution in [0.3, 0.4) is 0 Å². The highest BCUT2D eigenvalue weighted by molar-refractivity contribution is 6.34. The van der Waals surface area contributed by atoms with Crippen LogP contribution < -0.4 is 11.1 Å². The summed E-state index contributed by atoms with van der Waals surface area (Å²) in [5.74, 6) is -0.0774. The Morgan fingerprint density at radius 1 is 1.50 bits per heavy atom. The standard InChI is InChI=1S/C13H17ClN2O2/c14-11-5-4-9(15)6-10(11)13(18)16-12-3-1-2-8(12)7-17/h4-6,8,12,17H,1-3,7,15H2,(H,16,18). The maximum absolute atomic E-state index is 12.1.